The summed E-state index contributed by atoms with van der Waals surface area (Å²) in [4.78, 5) is 0. The Morgan fingerprint density at radius 2 is 1.24 bits per heavy atom. The molecule has 0 saturated carbocycles. The van der Waals surface area contributed by atoms with Gasteiger partial charge in [0.2, 0.25) is 0 Å². The second kappa shape index (κ2) is 6.71. The van der Waals surface area contributed by atoms with E-state index in [0.29, 0.717) is 11.4 Å². The van der Waals surface area contributed by atoms with Crippen LogP contribution in [0.1, 0.15) is 5.69 Å². The number of aromatic nitrogens is 3. The average Bonchev–Trinajstić information content (AvgIpc) is 3.18. The van der Waals surface area contributed by atoms with Gasteiger partial charge in [-0.15, -0.1) is 0 Å². The zero-order valence-electron chi connectivity index (χ0n) is 13.6. The van der Waals surface area contributed by atoms with Crippen molar-refractivity contribution in [2.45, 2.75) is 6.61 Å². The lowest BCUT2D eigenvalue weighted by atomic mass is 9.98. The summed E-state index contributed by atoms with van der Waals surface area (Å²) in [5.41, 5.74) is 6.87. The van der Waals surface area contributed by atoms with E-state index >= 15 is 0 Å². The zero-order valence-corrected chi connectivity index (χ0v) is 13.6. The molecule has 0 atom stereocenters. The minimum Gasteiger partial charge on any atom is -0.390 e. The van der Waals surface area contributed by atoms with Crippen LogP contribution in [-0.2, 0) is 6.61 Å². The molecule has 0 aliphatic rings. The van der Waals surface area contributed by atoms with Gasteiger partial charge in [-0.3, -0.25) is 0 Å². The number of hydrogen-bond acceptors (Lipinski definition) is 3. The monoisotopic (exact) mass is 327 g/mol. The second-order valence-corrected chi connectivity index (χ2v) is 5.80. The van der Waals surface area contributed by atoms with Gasteiger partial charge in [-0.2, -0.15) is 15.4 Å². The Balaban J connectivity index is 1.67. The van der Waals surface area contributed by atoms with Crippen molar-refractivity contribution in [3.8, 4) is 33.5 Å². The van der Waals surface area contributed by atoms with Gasteiger partial charge in [0, 0.05) is 5.56 Å². The third-order valence-corrected chi connectivity index (χ3v) is 4.23. The first-order chi connectivity index (χ1) is 12.3. The van der Waals surface area contributed by atoms with Crippen LogP contribution in [-0.4, -0.2) is 20.5 Å². The number of rotatable bonds is 4. The number of nitrogens with one attached hydrogen (secondary N) is 1. The van der Waals surface area contributed by atoms with Crippen LogP contribution in [0.4, 0.5) is 0 Å². The van der Waals surface area contributed by atoms with E-state index in [9.17, 15) is 5.11 Å². The molecule has 0 aliphatic heterocycles. The Kier molecular flexibility index (Phi) is 4.11. The van der Waals surface area contributed by atoms with E-state index in [1.807, 2.05) is 30.3 Å². The molecule has 1 aromatic heterocycles. The number of benzene rings is 3. The highest BCUT2D eigenvalue weighted by atomic mass is 16.3. The van der Waals surface area contributed by atoms with Crippen LogP contribution in [0.2, 0.25) is 0 Å². The molecular weight excluding hydrogens is 310 g/mol. The summed E-state index contributed by atoms with van der Waals surface area (Å²) in [6, 6.07) is 27.0. The fourth-order valence-corrected chi connectivity index (χ4v) is 2.92. The van der Waals surface area contributed by atoms with Gasteiger partial charge >= 0.3 is 0 Å². The van der Waals surface area contributed by atoms with Gasteiger partial charge in [0.25, 0.3) is 0 Å². The van der Waals surface area contributed by atoms with Crippen LogP contribution in [0.5, 0.6) is 0 Å². The Labute approximate surface area is 145 Å². The number of H-pyrrole nitrogens is 1. The molecule has 3 aromatic carbocycles. The number of aliphatic hydroxyl groups is 1. The first-order valence-electron chi connectivity index (χ1n) is 8.12. The SMILES string of the molecule is OCc1n[nH]nc1-c1ccc(-c2cccc(-c3ccccc3)c2)cc1. The van der Waals surface area contributed by atoms with Gasteiger partial charge in [0.15, 0.2) is 0 Å². The second-order valence-electron chi connectivity index (χ2n) is 5.80. The Morgan fingerprint density at radius 3 is 1.92 bits per heavy atom. The van der Waals surface area contributed by atoms with E-state index < -0.39 is 0 Å². The van der Waals surface area contributed by atoms with Crippen molar-refractivity contribution in [2.75, 3.05) is 0 Å². The molecule has 4 nitrogen and oxygen atoms in total. The van der Waals surface area contributed by atoms with Crippen molar-refractivity contribution in [3.05, 3.63) is 84.6 Å². The van der Waals surface area contributed by atoms with Crippen LogP contribution >= 0.6 is 0 Å². The highest BCUT2D eigenvalue weighted by molar-refractivity contribution is 5.74. The standard InChI is InChI=1S/C21H17N3O/c25-14-20-21(23-24-22-20)17-11-9-16(10-12-17)19-8-4-7-18(13-19)15-5-2-1-3-6-15/h1-13,25H,14H2,(H,22,23,24). The molecule has 0 radical (unpaired) electrons. The molecule has 0 fully saturated rings. The van der Waals surface area contributed by atoms with Crippen LogP contribution in [0.15, 0.2) is 78.9 Å². The van der Waals surface area contributed by atoms with E-state index in [4.69, 9.17) is 0 Å². The van der Waals surface area contributed by atoms with Crippen molar-refractivity contribution in [3.63, 3.8) is 0 Å². The number of aliphatic hydroxyl groups excluding tert-OH is 1. The van der Waals surface area contributed by atoms with Gasteiger partial charge in [0.1, 0.15) is 11.4 Å². The van der Waals surface area contributed by atoms with Gasteiger partial charge in [-0.05, 0) is 28.3 Å². The number of hydrogen-bond donors (Lipinski definition) is 2. The lowest BCUT2D eigenvalue weighted by Crippen LogP contribution is -1.88. The van der Waals surface area contributed by atoms with E-state index in [-0.39, 0.29) is 6.61 Å². The van der Waals surface area contributed by atoms with Crippen LogP contribution in [0.25, 0.3) is 33.5 Å². The minimum absolute atomic E-state index is 0.132. The molecule has 122 valence electrons. The normalized spacial score (nSPS) is 10.8. The predicted molar refractivity (Wildman–Crippen MR) is 98.6 cm³/mol. The fraction of sp³-hybridized carbons (Fsp3) is 0.0476. The van der Waals surface area contributed by atoms with E-state index in [1.165, 1.54) is 11.1 Å². The highest BCUT2D eigenvalue weighted by Crippen LogP contribution is 2.28. The summed E-state index contributed by atoms with van der Waals surface area (Å²) in [6.07, 6.45) is 0. The maximum atomic E-state index is 9.32. The molecule has 0 amide bonds. The third kappa shape index (κ3) is 3.07. The van der Waals surface area contributed by atoms with Crippen LogP contribution < -0.4 is 0 Å². The molecule has 0 spiro atoms. The van der Waals surface area contributed by atoms with Gasteiger partial charge in [-0.25, -0.2) is 0 Å². The quantitative estimate of drug-likeness (QED) is 0.587. The summed E-state index contributed by atoms with van der Waals surface area (Å²) in [7, 11) is 0. The van der Waals surface area contributed by atoms with Crippen LogP contribution in [0, 0.1) is 0 Å². The molecule has 0 bridgehead atoms. The zero-order chi connectivity index (χ0) is 17.1. The Morgan fingerprint density at radius 1 is 0.640 bits per heavy atom. The van der Waals surface area contributed by atoms with E-state index in [0.717, 1.165) is 16.7 Å². The lowest BCUT2D eigenvalue weighted by molar-refractivity contribution is 0.277. The number of aromatic amines is 1. The van der Waals surface area contributed by atoms with Crippen LogP contribution in [0.3, 0.4) is 0 Å². The molecule has 25 heavy (non-hydrogen) atoms. The summed E-state index contributed by atoms with van der Waals surface area (Å²) < 4.78 is 0. The molecule has 0 unspecified atom stereocenters. The first-order valence-corrected chi connectivity index (χ1v) is 8.12. The maximum absolute atomic E-state index is 9.32. The van der Waals surface area contributed by atoms with Gasteiger partial charge < -0.3 is 5.11 Å². The predicted octanol–water partition coefficient (Wildman–Crippen LogP) is 4.30. The van der Waals surface area contributed by atoms with Crippen molar-refractivity contribution < 1.29 is 5.11 Å². The van der Waals surface area contributed by atoms with Crippen molar-refractivity contribution in [2.24, 2.45) is 0 Å². The Bertz CT molecular complexity index is 975. The van der Waals surface area contributed by atoms with Crippen molar-refractivity contribution in [1.82, 2.24) is 15.4 Å². The molecule has 4 heteroatoms. The summed E-state index contributed by atoms with van der Waals surface area (Å²) in [6.45, 7) is -0.132. The third-order valence-electron chi connectivity index (χ3n) is 4.23. The summed E-state index contributed by atoms with van der Waals surface area (Å²) in [5.74, 6) is 0. The van der Waals surface area contributed by atoms with Gasteiger partial charge in [-0.1, -0.05) is 72.8 Å². The topological polar surface area (TPSA) is 61.8 Å². The Hall–Kier alpha value is -3.24. The largest absolute Gasteiger partial charge is 0.390 e. The van der Waals surface area contributed by atoms with E-state index in [1.54, 1.807) is 0 Å². The molecular formula is C21H17N3O. The molecule has 4 aromatic rings. The summed E-state index contributed by atoms with van der Waals surface area (Å²) >= 11 is 0. The van der Waals surface area contributed by atoms with Gasteiger partial charge in [0.05, 0.1) is 6.61 Å². The highest BCUT2D eigenvalue weighted by Gasteiger charge is 2.09. The van der Waals surface area contributed by atoms with E-state index in [2.05, 4.69) is 63.9 Å². The first kappa shape index (κ1) is 15.3. The molecule has 0 aliphatic carbocycles. The molecule has 4 rings (SSSR count). The molecule has 0 saturated heterocycles. The van der Waals surface area contributed by atoms with Crippen molar-refractivity contribution in [1.29, 1.82) is 0 Å². The smallest absolute Gasteiger partial charge is 0.118 e. The minimum atomic E-state index is -0.132. The number of nitrogens with zero attached hydrogens (tertiary/aromatic N) is 2. The molecule has 2 N–H and O–H groups in total. The average molecular weight is 327 g/mol. The fourth-order valence-electron chi connectivity index (χ4n) is 2.92. The molecule has 1 heterocycles. The van der Waals surface area contributed by atoms with Crippen molar-refractivity contribution >= 4 is 0 Å². The summed E-state index contributed by atoms with van der Waals surface area (Å²) in [5, 5.41) is 19.9. The lowest BCUT2D eigenvalue weighted by Gasteiger charge is -2.07. The maximum Gasteiger partial charge on any atom is 0.118 e.